The summed E-state index contributed by atoms with van der Waals surface area (Å²) in [5.74, 6) is 1.45. The van der Waals surface area contributed by atoms with Crippen molar-refractivity contribution >= 4 is 41.3 Å². The van der Waals surface area contributed by atoms with Crippen LogP contribution in [0.2, 0.25) is 0 Å². The second-order valence-corrected chi connectivity index (χ2v) is 12.7. The summed E-state index contributed by atoms with van der Waals surface area (Å²) in [5.41, 5.74) is 6.24. The molecule has 6 rings (SSSR count). The molecule has 3 aromatic rings. The minimum absolute atomic E-state index is 0. The third kappa shape index (κ3) is 17.0. The van der Waals surface area contributed by atoms with E-state index in [1.807, 2.05) is 56.3 Å². The molecule has 2 saturated carbocycles. The maximum atomic E-state index is 11.8. The normalized spacial score (nSPS) is 17.8. The van der Waals surface area contributed by atoms with Gasteiger partial charge in [-0.15, -0.1) is 6.58 Å². The monoisotopic (exact) mass is 714 g/mol. The van der Waals surface area contributed by atoms with E-state index in [4.69, 9.17) is 24.5 Å². The van der Waals surface area contributed by atoms with E-state index in [-0.39, 0.29) is 40.2 Å². The number of amides is 3. The van der Waals surface area contributed by atoms with Gasteiger partial charge in [-0.05, 0) is 75.5 Å². The van der Waals surface area contributed by atoms with Crippen molar-refractivity contribution in [2.45, 2.75) is 92.7 Å². The third-order valence-electron chi connectivity index (χ3n) is 7.44. The highest BCUT2D eigenvalue weighted by molar-refractivity contribution is 6.09. The summed E-state index contributed by atoms with van der Waals surface area (Å²) in [4.78, 5) is 67.2. The summed E-state index contributed by atoms with van der Waals surface area (Å²) < 4.78 is 10.2. The molecule has 1 aromatic carbocycles. The Morgan fingerprint density at radius 3 is 2.16 bits per heavy atom. The number of hydrogen-bond acceptors (Lipinski definition) is 8. The molecule has 3 aliphatic rings. The Morgan fingerprint density at radius 1 is 1.10 bits per heavy atom. The second-order valence-electron chi connectivity index (χ2n) is 12.7. The van der Waals surface area contributed by atoms with Crippen LogP contribution in [0.3, 0.4) is 0 Å². The maximum Gasteiger partial charge on any atom is 0.410 e. The standard InChI is InChI=1S/C13H9NO2.C10H18N2O3.C7H11NO.C4H8.C2H2O2.C2H6.CH4.2H2/c15-13-11-4-2-1-3-9(11)7-12(14-13)10-5-6-16-8-10;1-10(2,3)15-9(14)12-6-4-5-7(12)8(11)13;1-3-5-4-6(5)7(9)8-2;1-4-2-3-4;3-1-2-4;1-2;;;/h1-8H,(H,14,15);7H,4-6H2,1-3H3,(H2,11,13);3,5-6H,1,4H2,2H3,(H,8,9);4H,2-3H2,1H3;1-2H;1-2H3;1H4;2*1H/t;7-;5-,6+;;;;;;/m.01....../s1. The van der Waals surface area contributed by atoms with Crippen molar-refractivity contribution in [3.8, 4) is 11.3 Å². The summed E-state index contributed by atoms with van der Waals surface area (Å²) in [6.45, 7) is 15.8. The molecule has 4 N–H and O–H groups in total. The number of ether oxygens (including phenoxy) is 1. The van der Waals surface area contributed by atoms with Gasteiger partial charge in [0, 0.05) is 33.3 Å². The Bertz CT molecular complexity index is 1580. The number of nitrogens with one attached hydrogen (secondary N) is 2. The number of benzene rings is 1. The topological polar surface area (TPSA) is 182 Å². The first-order valence-electron chi connectivity index (χ1n) is 16.9. The van der Waals surface area contributed by atoms with Crippen LogP contribution < -0.4 is 16.6 Å². The fourth-order valence-electron chi connectivity index (χ4n) is 4.51. The van der Waals surface area contributed by atoms with Crippen molar-refractivity contribution < 1.29 is 36.0 Å². The van der Waals surface area contributed by atoms with Gasteiger partial charge in [0.15, 0.2) is 12.6 Å². The summed E-state index contributed by atoms with van der Waals surface area (Å²) in [7, 11) is 1.67. The molecule has 2 aliphatic carbocycles. The molecule has 51 heavy (non-hydrogen) atoms. The Hall–Kier alpha value is -5.00. The number of furan rings is 1. The van der Waals surface area contributed by atoms with E-state index < -0.39 is 23.6 Å². The van der Waals surface area contributed by atoms with Gasteiger partial charge in [-0.2, -0.15) is 0 Å². The first-order valence-corrected chi connectivity index (χ1v) is 16.9. The molecule has 3 heterocycles. The van der Waals surface area contributed by atoms with Gasteiger partial charge < -0.3 is 25.2 Å². The van der Waals surface area contributed by atoms with Crippen LogP contribution in [-0.4, -0.2) is 65.6 Å². The molecule has 3 amide bonds. The van der Waals surface area contributed by atoms with Gasteiger partial charge in [0.2, 0.25) is 11.8 Å². The highest BCUT2D eigenvalue weighted by Gasteiger charge is 2.39. The summed E-state index contributed by atoms with van der Waals surface area (Å²) >= 11 is 0. The minimum atomic E-state index is -0.540. The number of rotatable bonds is 5. The maximum absolute atomic E-state index is 11.8. The van der Waals surface area contributed by atoms with Crippen molar-refractivity contribution in [3.63, 3.8) is 0 Å². The molecule has 1 aliphatic heterocycles. The van der Waals surface area contributed by atoms with Crippen molar-refractivity contribution in [2.24, 2.45) is 23.5 Å². The molecular formula is C39H62N4O8. The molecule has 3 atom stereocenters. The lowest BCUT2D eigenvalue weighted by Crippen LogP contribution is -2.45. The quantitative estimate of drug-likeness (QED) is 0.141. The van der Waals surface area contributed by atoms with Crippen LogP contribution >= 0.6 is 0 Å². The number of H-pyrrole nitrogens is 1. The zero-order valence-corrected chi connectivity index (χ0v) is 30.4. The number of aromatic amines is 1. The third-order valence-corrected chi connectivity index (χ3v) is 7.44. The minimum Gasteiger partial charge on any atom is -0.472 e. The smallest absolute Gasteiger partial charge is 0.410 e. The number of allylic oxidation sites excluding steroid dienone is 1. The Kier molecular flexibility index (Phi) is 21.1. The molecule has 0 unspecified atom stereocenters. The summed E-state index contributed by atoms with van der Waals surface area (Å²) in [6.07, 6.45) is 10.4. The molecular weight excluding hydrogens is 652 g/mol. The van der Waals surface area contributed by atoms with Crippen LogP contribution in [0.25, 0.3) is 22.0 Å². The van der Waals surface area contributed by atoms with E-state index in [0.29, 0.717) is 24.3 Å². The predicted molar refractivity (Wildman–Crippen MR) is 206 cm³/mol. The van der Waals surface area contributed by atoms with Gasteiger partial charge in [-0.3, -0.25) is 28.9 Å². The largest absolute Gasteiger partial charge is 0.472 e. The Labute approximate surface area is 305 Å². The van der Waals surface area contributed by atoms with Crippen molar-refractivity contribution in [1.82, 2.24) is 15.2 Å². The number of aromatic nitrogens is 1. The number of primary amides is 1. The SMILES string of the molecule is C.C=C[C@@H]1C[C@@H]1C(=O)NC.CC.CC(C)(C)OC(=O)N1CCC[C@H]1C(N)=O.CC1CC1.O=CC=O.O=c1[nH]c(-c2ccoc2)cc2ccccc12.[HH].[HH]. The zero-order valence-electron chi connectivity index (χ0n) is 30.4. The number of aldehydes is 2. The van der Waals surface area contributed by atoms with E-state index in [0.717, 1.165) is 35.4 Å². The lowest BCUT2D eigenvalue weighted by atomic mass is 10.1. The average Bonchev–Trinajstić information content (AvgIpc) is 3.92. The number of nitrogens with two attached hydrogens (primary N) is 1. The van der Waals surface area contributed by atoms with Crippen LogP contribution in [0.5, 0.6) is 0 Å². The first kappa shape index (κ1) is 46.0. The van der Waals surface area contributed by atoms with Crippen LogP contribution in [0.15, 0.2) is 70.8 Å². The van der Waals surface area contributed by atoms with Gasteiger partial charge in [0.25, 0.3) is 5.56 Å². The molecule has 0 bridgehead atoms. The zero-order chi connectivity index (χ0) is 37.9. The van der Waals surface area contributed by atoms with Crippen molar-refractivity contribution in [3.05, 3.63) is 71.9 Å². The van der Waals surface area contributed by atoms with Gasteiger partial charge in [-0.25, -0.2) is 4.79 Å². The van der Waals surface area contributed by atoms with E-state index in [9.17, 15) is 19.2 Å². The van der Waals surface area contributed by atoms with Gasteiger partial charge in [0.05, 0.1) is 18.2 Å². The molecule has 286 valence electrons. The number of hydrogen-bond donors (Lipinski definition) is 3. The summed E-state index contributed by atoms with van der Waals surface area (Å²) in [6, 6.07) is 10.8. The fraction of sp³-hybridized carbons (Fsp3) is 0.487. The first-order chi connectivity index (χ1) is 23.8. The second kappa shape index (κ2) is 23.4. The highest BCUT2D eigenvalue weighted by atomic mass is 16.6. The number of carbonyl (C=O) groups is 5. The molecule has 0 spiro atoms. The average molecular weight is 715 g/mol. The Morgan fingerprint density at radius 2 is 1.71 bits per heavy atom. The van der Waals surface area contributed by atoms with Gasteiger partial charge in [-0.1, -0.05) is 65.3 Å². The lowest BCUT2D eigenvalue weighted by Gasteiger charge is -2.27. The summed E-state index contributed by atoms with van der Waals surface area (Å²) in [5, 5.41) is 4.24. The van der Waals surface area contributed by atoms with E-state index in [1.54, 1.807) is 40.3 Å². The molecule has 3 fully saturated rings. The molecule has 2 aromatic heterocycles. The van der Waals surface area contributed by atoms with E-state index in [2.05, 4.69) is 23.8 Å². The van der Waals surface area contributed by atoms with E-state index in [1.165, 1.54) is 17.7 Å². The number of pyridine rings is 1. The van der Waals surface area contributed by atoms with Crippen molar-refractivity contribution in [2.75, 3.05) is 13.6 Å². The number of carbonyl (C=O) groups excluding carboxylic acids is 5. The molecule has 12 heteroatoms. The van der Waals surface area contributed by atoms with Crippen LogP contribution in [0.4, 0.5) is 4.79 Å². The number of fused-ring (bicyclic) bond motifs is 1. The van der Waals surface area contributed by atoms with Gasteiger partial charge >= 0.3 is 6.09 Å². The molecule has 1 saturated heterocycles. The van der Waals surface area contributed by atoms with Crippen LogP contribution in [0, 0.1) is 17.8 Å². The van der Waals surface area contributed by atoms with Gasteiger partial charge in [0.1, 0.15) is 11.6 Å². The Balaban J connectivity index is -0.000000624. The highest BCUT2D eigenvalue weighted by Crippen LogP contribution is 2.39. The van der Waals surface area contributed by atoms with Crippen molar-refractivity contribution in [1.29, 1.82) is 0 Å². The number of likely N-dealkylation sites (tertiary alicyclic amines) is 1. The molecule has 0 radical (unpaired) electrons. The lowest BCUT2D eigenvalue weighted by molar-refractivity contribution is -0.122. The molecule has 12 nitrogen and oxygen atoms in total. The predicted octanol–water partition coefficient (Wildman–Crippen LogP) is 7.17. The fourth-order valence-corrected chi connectivity index (χ4v) is 4.51. The van der Waals surface area contributed by atoms with E-state index >= 15 is 0 Å². The number of nitrogens with zero attached hydrogens (tertiary/aromatic N) is 1. The van der Waals surface area contributed by atoms with Crippen LogP contribution in [-0.2, 0) is 23.9 Å². The van der Waals surface area contributed by atoms with Crippen LogP contribution in [0.1, 0.15) is 83.9 Å².